The average molecular weight is 476 g/mol. The predicted molar refractivity (Wildman–Crippen MR) is 141 cm³/mol. The Morgan fingerprint density at radius 1 is 1.03 bits per heavy atom. The van der Waals surface area contributed by atoms with E-state index in [2.05, 4.69) is 88.8 Å². The number of aromatic nitrogens is 2. The zero-order chi connectivity index (χ0) is 23.8. The smallest absolute Gasteiger partial charge is 0.170 e. The molecule has 7 heteroatoms. The average Bonchev–Trinajstić information content (AvgIpc) is 3.35. The van der Waals surface area contributed by atoms with Crippen molar-refractivity contribution in [2.75, 3.05) is 31.2 Å². The fraction of sp³-hybridized carbons (Fsp3) is 0.407. The van der Waals surface area contributed by atoms with Crippen LogP contribution in [-0.2, 0) is 4.74 Å². The van der Waals surface area contributed by atoms with Crippen molar-refractivity contribution < 1.29 is 4.74 Å². The summed E-state index contributed by atoms with van der Waals surface area (Å²) >= 11 is 5.79. The minimum atomic E-state index is 0.00810. The van der Waals surface area contributed by atoms with Crippen LogP contribution in [0.5, 0.6) is 0 Å². The normalized spacial score (nSPS) is 20.8. The van der Waals surface area contributed by atoms with Crippen molar-refractivity contribution in [1.82, 2.24) is 19.8 Å². The van der Waals surface area contributed by atoms with E-state index >= 15 is 0 Å². The van der Waals surface area contributed by atoms with Crippen LogP contribution in [0, 0.1) is 13.8 Å². The van der Waals surface area contributed by atoms with E-state index in [4.69, 9.17) is 17.0 Å². The van der Waals surface area contributed by atoms with Crippen LogP contribution in [0.3, 0.4) is 0 Å². The van der Waals surface area contributed by atoms with Crippen LogP contribution in [0.4, 0.5) is 5.69 Å². The Kier molecular flexibility index (Phi) is 6.32. The lowest BCUT2D eigenvalue weighted by atomic mass is 9.96. The molecule has 5 rings (SSSR count). The number of nitrogens with one attached hydrogen (secondary N) is 1. The molecular weight excluding hydrogens is 442 g/mol. The van der Waals surface area contributed by atoms with Crippen LogP contribution < -0.4 is 10.2 Å². The molecule has 3 aromatic rings. The van der Waals surface area contributed by atoms with Crippen molar-refractivity contribution in [3.63, 3.8) is 0 Å². The van der Waals surface area contributed by atoms with E-state index in [-0.39, 0.29) is 18.1 Å². The topological polar surface area (TPSA) is 45.6 Å². The second-order valence-electron chi connectivity index (χ2n) is 9.41. The molecule has 2 saturated heterocycles. The lowest BCUT2D eigenvalue weighted by Crippen LogP contribution is -2.36. The number of hydrogen-bond donors (Lipinski definition) is 1. The van der Waals surface area contributed by atoms with Gasteiger partial charge < -0.3 is 24.4 Å². The number of ether oxygens (including phenoxy) is 1. The Morgan fingerprint density at radius 2 is 1.74 bits per heavy atom. The maximum atomic E-state index is 5.79. The molecule has 34 heavy (non-hydrogen) atoms. The van der Waals surface area contributed by atoms with Crippen LogP contribution in [-0.4, -0.2) is 51.9 Å². The highest BCUT2D eigenvalue weighted by molar-refractivity contribution is 7.80. The molecule has 1 N–H and O–H groups in total. The zero-order valence-corrected chi connectivity index (χ0v) is 21.2. The minimum Gasteiger partial charge on any atom is -0.378 e. The largest absolute Gasteiger partial charge is 0.378 e. The molecule has 0 spiro atoms. The fourth-order valence-corrected chi connectivity index (χ4v) is 5.82. The minimum absolute atomic E-state index is 0.00810. The summed E-state index contributed by atoms with van der Waals surface area (Å²) in [4.78, 5) is 9.37. The molecule has 178 valence electrons. The van der Waals surface area contributed by atoms with E-state index in [1.807, 2.05) is 18.3 Å². The molecule has 0 saturated carbocycles. The predicted octanol–water partition coefficient (Wildman–Crippen LogP) is 4.71. The van der Waals surface area contributed by atoms with Crippen LogP contribution >= 0.6 is 12.2 Å². The van der Waals surface area contributed by atoms with Crippen molar-refractivity contribution in [3.05, 3.63) is 77.4 Å². The Labute approximate surface area is 207 Å². The van der Waals surface area contributed by atoms with Crippen LogP contribution in [0.15, 0.2) is 54.7 Å². The Morgan fingerprint density at radius 3 is 2.38 bits per heavy atom. The van der Waals surface area contributed by atoms with Gasteiger partial charge in [0.05, 0.1) is 31.0 Å². The van der Waals surface area contributed by atoms with Gasteiger partial charge in [-0.3, -0.25) is 4.98 Å². The van der Waals surface area contributed by atoms with Crippen molar-refractivity contribution in [1.29, 1.82) is 0 Å². The van der Waals surface area contributed by atoms with Gasteiger partial charge in [0.25, 0.3) is 0 Å². The highest BCUT2D eigenvalue weighted by Gasteiger charge is 2.42. The van der Waals surface area contributed by atoms with E-state index in [1.54, 1.807) is 0 Å². The molecule has 0 bridgehead atoms. The molecule has 2 aliphatic heterocycles. The second-order valence-corrected chi connectivity index (χ2v) is 9.79. The third kappa shape index (κ3) is 4.07. The molecule has 2 aliphatic rings. The number of benzene rings is 1. The van der Waals surface area contributed by atoms with Crippen molar-refractivity contribution in [2.24, 2.45) is 0 Å². The van der Waals surface area contributed by atoms with E-state index in [9.17, 15) is 0 Å². The lowest BCUT2D eigenvalue weighted by Gasteiger charge is -2.31. The zero-order valence-electron chi connectivity index (χ0n) is 20.4. The van der Waals surface area contributed by atoms with Gasteiger partial charge in [0.15, 0.2) is 5.11 Å². The standard InChI is InChI=1S/C27H33N5OS/c1-18(2)31-26(25(29-27(31)34)24-7-5-6-12-28-24)23-17-19(3)32(20(23)4)22-10-8-21(9-11-22)30-13-15-33-16-14-30/h5-12,17-18,25-26H,13-16H2,1-4H3,(H,29,34)/t25-,26+/m0/s1. The first kappa shape index (κ1) is 22.9. The first-order valence-corrected chi connectivity index (χ1v) is 12.5. The van der Waals surface area contributed by atoms with Gasteiger partial charge in [-0.05, 0) is 87.9 Å². The highest BCUT2D eigenvalue weighted by Crippen LogP contribution is 2.42. The van der Waals surface area contributed by atoms with Gasteiger partial charge in [0, 0.05) is 48.1 Å². The monoisotopic (exact) mass is 475 g/mol. The van der Waals surface area contributed by atoms with Crippen LogP contribution in [0.25, 0.3) is 5.69 Å². The summed E-state index contributed by atoms with van der Waals surface area (Å²) in [6.07, 6.45) is 1.86. The molecule has 0 unspecified atom stereocenters. The summed E-state index contributed by atoms with van der Waals surface area (Å²) in [5, 5.41) is 4.35. The van der Waals surface area contributed by atoms with Gasteiger partial charge in [-0.1, -0.05) is 6.07 Å². The number of anilines is 1. The molecule has 4 heterocycles. The fourth-order valence-electron chi connectivity index (χ4n) is 5.37. The Balaban J connectivity index is 1.52. The second kappa shape index (κ2) is 9.39. The quantitative estimate of drug-likeness (QED) is 0.540. The molecule has 2 fully saturated rings. The van der Waals surface area contributed by atoms with Crippen molar-refractivity contribution in [3.8, 4) is 5.69 Å². The van der Waals surface area contributed by atoms with E-state index in [0.717, 1.165) is 37.1 Å². The number of pyridine rings is 1. The summed E-state index contributed by atoms with van der Waals surface area (Å²) in [5.41, 5.74) is 7.18. The lowest BCUT2D eigenvalue weighted by molar-refractivity contribution is 0.122. The molecule has 0 amide bonds. The van der Waals surface area contributed by atoms with E-state index in [1.165, 1.54) is 28.3 Å². The van der Waals surface area contributed by atoms with Crippen molar-refractivity contribution in [2.45, 2.75) is 45.8 Å². The number of thiocarbonyl (C=S) groups is 1. The molecular formula is C27H33N5OS. The number of nitrogens with zero attached hydrogens (tertiary/aromatic N) is 4. The van der Waals surface area contributed by atoms with Crippen molar-refractivity contribution >= 4 is 23.0 Å². The SMILES string of the molecule is Cc1cc([C@@H]2[C@H](c3ccccn3)NC(=S)N2C(C)C)c(C)n1-c1ccc(N2CCOCC2)cc1. The van der Waals surface area contributed by atoms with Gasteiger partial charge in [-0.25, -0.2) is 0 Å². The highest BCUT2D eigenvalue weighted by atomic mass is 32.1. The Hall–Kier alpha value is -2.90. The van der Waals surface area contributed by atoms with Gasteiger partial charge in [0.2, 0.25) is 0 Å². The number of morpholine rings is 1. The first-order chi connectivity index (χ1) is 16.5. The maximum absolute atomic E-state index is 5.79. The third-order valence-corrected chi connectivity index (χ3v) is 7.29. The summed E-state index contributed by atoms with van der Waals surface area (Å²) < 4.78 is 7.86. The summed E-state index contributed by atoms with van der Waals surface area (Å²) in [6, 6.07) is 17.7. The molecule has 6 nitrogen and oxygen atoms in total. The summed E-state index contributed by atoms with van der Waals surface area (Å²) in [7, 11) is 0. The van der Waals surface area contributed by atoms with Crippen LogP contribution in [0.1, 0.15) is 48.6 Å². The van der Waals surface area contributed by atoms with E-state index in [0.29, 0.717) is 0 Å². The third-order valence-electron chi connectivity index (χ3n) is 6.96. The van der Waals surface area contributed by atoms with Crippen LogP contribution in [0.2, 0.25) is 0 Å². The molecule has 2 aromatic heterocycles. The number of aryl methyl sites for hydroxylation is 1. The molecule has 1 aromatic carbocycles. The van der Waals surface area contributed by atoms with Gasteiger partial charge in [-0.2, -0.15) is 0 Å². The van der Waals surface area contributed by atoms with Gasteiger partial charge >= 0.3 is 0 Å². The number of rotatable bonds is 5. The van der Waals surface area contributed by atoms with Gasteiger partial charge in [-0.15, -0.1) is 0 Å². The molecule has 0 aliphatic carbocycles. The summed E-state index contributed by atoms with van der Waals surface area (Å²) in [5.74, 6) is 0. The summed E-state index contributed by atoms with van der Waals surface area (Å²) in [6.45, 7) is 12.3. The molecule has 0 radical (unpaired) electrons. The number of hydrogen-bond acceptors (Lipinski definition) is 4. The Bertz CT molecular complexity index is 1150. The first-order valence-electron chi connectivity index (χ1n) is 12.1. The molecule has 2 atom stereocenters. The van der Waals surface area contributed by atoms with Gasteiger partial charge in [0.1, 0.15) is 0 Å². The maximum Gasteiger partial charge on any atom is 0.170 e. The van der Waals surface area contributed by atoms with E-state index < -0.39 is 0 Å².